The number of benzene rings is 2. The third-order valence-electron chi connectivity index (χ3n) is 2.53. The lowest BCUT2D eigenvalue weighted by Crippen LogP contribution is -2.15. The molecule has 4 nitrogen and oxygen atoms in total. The number of amides is 1. The smallest absolute Gasteiger partial charge is 0.259 e. The van der Waals surface area contributed by atoms with Crippen LogP contribution in [0.15, 0.2) is 46.9 Å². The zero-order chi connectivity index (χ0) is 14.5. The molecule has 6 heteroatoms. The summed E-state index contributed by atoms with van der Waals surface area (Å²) in [5, 5.41) is 3.23. The van der Waals surface area contributed by atoms with E-state index < -0.39 is 0 Å². The summed E-state index contributed by atoms with van der Waals surface area (Å²) in [5.41, 5.74) is 6.36. The van der Waals surface area contributed by atoms with Crippen LogP contribution in [0.25, 0.3) is 0 Å². The summed E-state index contributed by atoms with van der Waals surface area (Å²) < 4.78 is 6.16. The largest absolute Gasteiger partial charge is 0.478 e. The average molecular weight is 356 g/mol. The summed E-state index contributed by atoms with van der Waals surface area (Å²) in [7, 11) is 0. The fourth-order valence-corrected chi connectivity index (χ4v) is 2.06. The van der Waals surface area contributed by atoms with E-state index in [4.69, 9.17) is 22.1 Å². The second-order valence-electron chi connectivity index (χ2n) is 3.91. The molecule has 2 rings (SSSR count). The topological polar surface area (TPSA) is 64.3 Å². The maximum Gasteiger partial charge on any atom is 0.259 e. The summed E-state index contributed by atoms with van der Waals surface area (Å²) in [6, 6.07) is 12.1. The minimum atomic E-state index is -0.307. The van der Waals surface area contributed by atoms with Crippen molar-refractivity contribution in [1.82, 2.24) is 0 Å². The molecule has 0 aromatic heterocycles. The van der Waals surface area contributed by atoms with Gasteiger partial charge in [0.1, 0.15) is 12.5 Å². The molecule has 0 spiro atoms. The predicted octanol–water partition coefficient (Wildman–Crippen LogP) is 3.65. The van der Waals surface area contributed by atoms with Crippen molar-refractivity contribution in [2.24, 2.45) is 5.73 Å². The molecular weight excluding hydrogens is 344 g/mol. The van der Waals surface area contributed by atoms with Crippen molar-refractivity contribution in [2.45, 2.75) is 0 Å². The molecule has 20 heavy (non-hydrogen) atoms. The number of hydrogen-bond donors (Lipinski definition) is 2. The van der Waals surface area contributed by atoms with Crippen LogP contribution in [-0.4, -0.2) is 12.6 Å². The van der Waals surface area contributed by atoms with Gasteiger partial charge in [-0.25, -0.2) is 0 Å². The Hall–Kier alpha value is -1.56. The van der Waals surface area contributed by atoms with Gasteiger partial charge in [-0.3, -0.25) is 10.5 Å². The van der Waals surface area contributed by atoms with E-state index in [1.165, 1.54) is 0 Å². The highest BCUT2D eigenvalue weighted by Gasteiger charge is 2.13. The molecule has 0 atom stereocenters. The number of rotatable bonds is 4. The summed E-state index contributed by atoms with van der Waals surface area (Å²) in [5.74, 6) is 0.0878. The van der Waals surface area contributed by atoms with Gasteiger partial charge in [-0.05, 0) is 42.5 Å². The molecule has 0 saturated heterocycles. The van der Waals surface area contributed by atoms with Gasteiger partial charge in [0.05, 0.1) is 5.56 Å². The van der Waals surface area contributed by atoms with E-state index in [1.54, 1.807) is 30.3 Å². The summed E-state index contributed by atoms with van der Waals surface area (Å²) in [4.78, 5) is 12.2. The van der Waals surface area contributed by atoms with Crippen molar-refractivity contribution in [3.05, 3.63) is 57.5 Å². The van der Waals surface area contributed by atoms with Gasteiger partial charge in [-0.15, -0.1) is 0 Å². The molecule has 0 aliphatic heterocycles. The average Bonchev–Trinajstić information content (AvgIpc) is 2.43. The Balaban J connectivity index is 2.23. The summed E-state index contributed by atoms with van der Waals surface area (Å²) in [6.07, 6.45) is 0. The van der Waals surface area contributed by atoms with Crippen molar-refractivity contribution in [3.8, 4) is 5.75 Å². The molecular formula is C14H12BrClN2O2. The lowest BCUT2D eigenvalue weighted by Gasteiger charge is -2.11. The summed E-state index contributed by atoms with van der Waals surface area (Å²) in [6.45, 7) is -0.0137. The Kier molecular flexibility index (Phi) is 5.00. The number of ether oxygens (including phenoxy) is 1. The van der Waals surface area contributed by atoms with Crippen LogP contribution in [0.3, 0.4) is 0 Å². The zero-order valence-corrected chi connectivity index (χ0v) is 12.7. The first-order valence-corrected chi connectivity index (χ1v) is 6.96. The SMILES string of the molecule is NCOc1ccc(Cl)cc1C(=O)Nc1ccc(Br)cc1. The zero-order valence-electron chi connectivity index (χ0n) is 10.4. The molecule has 0 heterocycles. The second kappa shape index (κ2) is 6.74. The van der Waals surface area contributed by atoms with Crippen molar-refractivity contribution in [1.29, 1.82) is 0 Å². The number of carbonyl (C=O) groups excluding carboxylic acids is 1. The fraction of sp³-hybridized carbons (Fsp3) is 0.0714. The molecule has 3 N–H and O–H groups in total. The molecule has 0 aliphatic carbocycles. The van der Waals surface area contributed by atoms with E-state index in [0.717, 1.165) is 4.47 Å². The Morgan fingerprint density at radius 2 is 1.95 bits per heavy atom. The molecule has 0 fully saturated rings. The third-order valence-corrected chi connectivity index (χ3v) is 3.29. The normalized spacial score (nSPS) is 10.2. The van der Waals surface area contributed by atoms with Crippen LogP contribution in [0, 0.1) is 0 Å². The first-order valence-electron chi connectivity index (χ1n) is 5.79. The van der Waals surface area contributed by atoms with E-state index in [-0.39, 0.29) is 12.6 Å². The minimum absolute atomic E-state index is 0.0137. The number of hydrogen-bond acceptors (Lipinski definition) is 3. The monoisotopic (exact) mass is 354 g/mol. The predicted molar refractivity (Wildman–Crippen MR) is 83.2 cm³/mol. The highest BCUT2D eigenvalue weighted by Crippen LogP contribution is 2.24. The van der Waals surface area contributed by atoms with Gasteiger partial charge in [-0.1, -0.05) is 27.5 Å². The Labute approximate surface area is 130 Å². The molecule has 0 unspecified atom stereocenters. The van der Waals surface area contributed by atoms with Crippen molar-refractivity contribution in [3.63, 3.8) is 0 Å². The van der Waals surface area contributed by atoms with Crippen LogP contribution >= 0.6 is 27.5 Å². The van der Waals surface area contributed by atoms with Gasteiger partial charge >= 0.3 is 0 Å². The molecule has 0 bridgehead atoms. The number of halogens is 2. The first-order chi connectivity index (χ1) is 9.60. The van der Waals surface area contributed by atoms with E-state index >= 15 is 0 Å². The van der Waals surface area contributed by atoms with E-state index in [1.807, 2.05) is 12.1 Å². The van der Waals surface area contributed by atoms with Crippen LogP contribution < -0.4 is 15.8 Å². The molecule has 0 aliphatic rings. The maximum absolute atomic E-state index is 12.2. The van der Waals surface area contributed by atoms with Gasteiger partial charge in [0.2, 0.25) is 0 Å². The van der Waals surface area contributed by atoms with Gasteiger partial charge < -0.3 is 10.1 Å². The van der Waals surface area contributed by atoms with Crippen LogP contribution in [0.2, 0.25) is 5.02 Å². The second-order valence-corrected chi connectivity index (χ2v) is 5.26. The highest BCUT2D eigenvalue weighted by atomic mass is 79.9. The van der Waals surface area contributed by atoms with Crippen molar-refractivity contribution >= 4 is 39.1 Å². The molecule has 0 saturated carbocycles. The number of carbonyl (C=O) groups is 1. The fourth-order valence-electron chi connectivity index (χ4n) is 1.63. The number of anilines is 1. The maximum atomic E-state index is 12.2. The van der Waals surface area contributed by atoms with Crippen molar-refractivity contribution in [2.75, 3.05) is 12.0 Å². The van der Waals surface area contributed by atoms with Crippen LogP contribution in [-0.2, 0) is 0 Å². The van der Waals surface area contributed by atoms with E-state index in [0.29, 0.717) is 22.0 Å². The van der Waals surface area contributed by atoms with E-state index in [2.05, 4.69) is 21.2 Å². The molecule has 104 valence electrons. The van der Waals surface area contributed by atoms with Gasteiger partial charge in [0.15, 0.2) is 0 Å². The van der Waals surface area contributed by atoms with Crippen LogP contribution in [0.5, 0.6) is 5.75 Å². The van der Waals surface area contributed by atoms with Gasteiger partial charge in [-0.2, -0.15) is 0 Å². The molecule has 2 aromatic carbocycles. The van der Waals surface area contributed by atoms with Gasteiger partial charge in [0, 0.05) is 15.2 Å². The molecule has 1 amide bonds. The minimum Gasteiger partial charge on any atom is -0.478 e. The van der Waals surface area contributed by atoms with Crippen LogP contribution in [0.1, 0.15) is 10.4 Å². The lowest BCUT2D eigenvalue weighted by atomic mass is 10.2. The van der Waals surface area contributed by atoms with E-state index in [9.17, 15) is 4.79 Å². The molecule has 2 aromatic rings. The summed E-state index contributed by atoms with van der Waals surface area (Å²) >= 11 is 9.25. The van der Waals surface area contributed by atoms with Crippen molar-refractivity contribution < 1.29 is 9.53 Å². The number of nitrogens with two attached hydrogens (primary N) is 1. The lowest BCUT2D eigenvalue weighted by molar-refractivity contribution is 0.102. The third kappa shape index (κ3) is 3.72. The van der Waals surface area contributed by atoms with Gasteiger partial charge in [0.25, 0.3) is 5.91 Å². The number of nitrogens with one attached hydrogen (secondary N) is 1. The Morgan fingerprint density at radius 3 is 2.60 bits per heavy atom. The Morgan fingerprint density at radius 1 is 1.25 bits per heavy atom. The standard InChI is InChI=1S/C14H12BrClN2O2/c15-9-1-4-11(5-2-9)18-14(19)12-7-10(16)3-6-13(12)20-8-17/h1-7H,8,17H2,(H,18,19). The highest BCUT2D eigenvalue weighted by molar-refractivity contribution is 9.10. The quantitative estimate of drug-likeness (QED) is 0.823. The molecule has 0 radical (unpaired) electrons. The first kappa shape index (κ1) is 14.8. The Bertz CT molecular complexity index is 617. The van der Waals surface area contributed by atoms with Crippen LogP contribution in [0.4, 0.5) is 5.69 Å².